The minimum absolute atomic E-state index is 0.188. The summed E-state index contributed by atoms with van der Waals surface area (Å²) in [4.78, 5) is 21.3. The number of thioether (sulfide) groups is 1. The molecule has 3 heterocycles. The Labute approximate surface area is 163 Å². The van der Waals surface area contributed by atoms with Crippen LogP contribution in [0.3, 0.4) is 0 Å². The number of rotatable bonds is 3. The number of benzene rings is 1. The summed E-state index contributed by atoms with van der Waals surface area (Å²) in [7, 11) is 0. The zero-order chi connectivity index (χ0) is 17.9. The summed E-state index contributed by atoms with van der Waals surface area (Å²) >= 11 is 6.96. The fourth-order valence-electron chi connectivity index (χ4n) is 3.65. The average molecular weight is 390 g/mol. The quantitative estimate of drug-likeness (QED) is 0.747. The van der Waals surface area contributed by atoms with Gasteiger partial charge in [-0.3, -0.25) is 4.79 Å². The molecule has 2 saturated heterocycles. The zero-order valence-electron chi connectivity index (χ0n) is 14.7. The third kappa shape index (κ3) is 3.88. The molecular weight excluding hydrogens is 366 g/mol. The van der Waals surface area contributed by atoms with Crippen LogP contribution in [-0.4, -0.2) is 56.9 Å². The predicted molar refractivity (Wildman–Crippen MR) is 108 cm³/mol. The first-order valence-corrected chi connectivity index (χ1v) is 10.6. The Kier molecular flexibility index (Phi) is 5.45. The summed E-state index contributed by atoms with van der Waals surface area (Å²) in [5, 5.41) is 0. The van der Waals surface area contributed by atoms with E-state index in [1.165, 1.54) is 24.6 Å². The normalized spacial score (nSPS) is 18.6. The Morgan fingerprint density at radius 3 is 2.62 bits per heavy atom. The maximum absolute atomic E-state index is 12.5. The lowest BCUT2D eigenvalue weighted by Crippen LogP contribution is -2.39. The molecule has 2 aromatic rings. The predicted octanol–water partition coefficient (Wildman–Crippen LogP) is 3.65. The van der Waals surface area contributed by atoms with Gasteiger partial charge in [0, 0.05) is 32.1 Å². The molecule has 0 aliphatic carbocycles. The molecule has 7 heteroatoms. The second kappa shape index (κ2) is 7.96. The number of oxazole rings is 1. The third-order valence-electron chi connectivity index (χ3n) is 5.19. The van der Waals surface area contributed by atoms with Gasteiger partial charge < -0.3 is 14.2 Å². The summed E-state index contributed by atoms with van der Waals surface area (Å²) < 4.78 is 6.77. The van der Waals surface area contributed by atoms with Crippen molar-refractivity contribution in [2.45, 2.75) is 31.6 Å². The highest BCUT2D eigenvalue weighted by Crippen LogP contribution is 2.30. The van der Waals surface area contributed by atoms with E-state index in [0.717, 1.165) is 60.3 Å². The molecule has 1 aromatic carbocycles. The average Bonchev–Trinajstić information content (AvgIpc) is 3.35. The molecule has 4 rings (SSSR count). The molecule has 1 aromatic heterocycles. The second-order valence-corrected chi connectivity index (χ2v) is 8.53. The van der Waals surface area contributed by atoms with Crippen LogP contribution >= 0.6 is 24.0 Å². The summed E-state index contributed by atoms with van der Waals surface area (Å²) in [6.45, 7) is 3.60. The number of hydrogen-bond acceptors (Lipinski definition) is 5. The van der Waals surface area contributed by atoms with Gasteiger partial charge in [0.15, 0.2) is 11.5 Å². The standard InChI is InChI=1S/C19H23N3O2S2/c23-17(13-26-19(25)22-9-3-4-10-22)21-11-7-14(8-12-21)18-20-15-5-1-2-6-16(15)24-18/h1-2,5-6,14H,3-4,7-13H2. The number of thiocarbonyl (C=S) groups is 1. The molecule has 0 N–H and O–H groups in total. The van der Waals surface area contributed by atoms with Crippen LogP contribution in [0.15, 0.2) is 28.7 Å². The minimum atomic E-state index is 0.188. The topological polar surface area (TPSA) is 49.6 Å². The molecule has 2 fully saturated rings. The van der Waals surface area contributed by atoms with Gasteiger partial charge in [0.2, 0.25) is 5.91 Å². The number of carbonyl (C=O) groups is 1. The molecule has 0 bridgehead atoms. The fraction of sp³-hybridized carbons (Fsp3) is 0.526. The molecule has 0 saturated carbocycles. The van der Waals surface area contributed by atoms with E-state index in [0.29, 0.717) is 11.7 Å². The molecule has 0 unspecified atom stereocenters. The van der Waals surface area contributed by atoms with Gasteiger partial charge in [0.1, 0.15) is 9.84 Å². The van der Waals surface area contributed by atoms with Crippen molar-refractivity contribution in [3.05, 3.63) is 30.2 Å². The molecule has 2 aliphatic heterocycles. The molecule has 0 radical (unpaired) electrons. The van der Waals surface area contributed by atoms with Crippen LogP contribution in [0.5, 0.6) is 0 Å². The summed E-state index contributed by atoms with van der Waals surface area (Å²) in [6.07, 6.45) is 4.22. The highest BCUT2D eigenvalue weighted by molar-refractivity contribution is 8.23. The van der Waals surface area contributed by atoms with Crippen molar-refractivity contribution in [2.75, 3.05) is 31.9 Å². The van der Waals surface area contributed by atoms with E-state index in [-0.39, 0.29) is 5.91 Å². The first-order chi connectivity index (χ1) is 12.7. The van der Waals surface area contributed by atoms with Crippen LogP contribution in [0.2, 0.25) is 0 Å². The third-order valence-corrected chi connectivity index (χ3v) is 6.70. The van der Waals surface area contributed by atoms with Crippen molar-refractivity contribution in [1.82, 2.24) is 14.8 Å². The monoisotopic (exact) mass is 389 g/mol. The largest absolute Gasteiger partial charge is 0.440 e. The van der Waals surface area contributed by atoms with Gasteiger partial charge in [-0.25, -0.2) is 4.98 Å². The Morgan fingerprint density at radius 1 is 1.15 bits per heavy atom. The molecule has 26 heavy (non-hydrogen) atoms. The van der Waals surface area contributed by atoms with Crippen molar-refractivity contribution >= 4 is 45.3 Å². The van der Waals surface area contributed by atoms with E-state index < -0.39 is 0 Å². The number of likely N-dealkylation sites (tertiary alicyclic amines) is 2. The lowest BCUT2D eigenvalue weighted by atomic mass is 9.97. The maximum Gasteiger partial charge on any atom is 0.233 e. The van der Waals surface area contributed by atoms with Gasteiger partial charge >= 0.3 is 0 Å². The van der Waals surface area contributed by atoms with Gasteiger partial charge in [0.25, 0.3) is 0 Å². The zero-order valence-corrected chi connectivity index (χ0v) is 16.4. The van der Waals surface area contributed by atoms with E-state index in [9.17, 15) is 4.79 Å². The lowest BCUT2D eigenvalue weighted by molar-refractivity contribution is -0.129. The van der Waals surface area contributed by atoms with Crippen molar-refractivity contribution in [3.63, 3.8) is 0 Å². The Bertz CT molecular complexity index is 760. The summed E-state index contributed by atoms with van der Waals surface area (Å²) in [5.74, 6) is 1.74. The highest BCUT2D eigenvalue weighted by atomic mass is 32.2. The number of hydrogen-bond donors (Lipinski definition) is 0. The van der Waals surface area contributed by atoms with Gasteiger partial charge in [0.05, 0.1) is 5.75 Å². The molecule has 138 valence electrons. The number of fused-ring (bicyclic) bond motifs is 1. The van der Waals surface area contributed by atoms with Crippen LogP contribution in [0.1, 0.15) is 37.5 Å². The van der Waals surface area contributed by atoms with Crippen molar-refractivity contribution in [2.24, 2.45) is 0 Å². The molecule has 5 nitrogen and oxygen atoms in total. The fourth-order valence-corrected chi connectivity index (χ4v) is 4.80. The first kappa shape index (κ1) is 17.8. The summed E-state index contributed by atoms with van der Waals surface area (Å²) in [5.41, 5.74) is 1.75. The van der Waals surface area contributed by atoms with Crippen molar-refractivity contribution < 1.29 is 9.21 Å². The Morgan fingerprint density at radius 2 is 1.88 bits per heavy atom. The number of para-hydroxylation sites is 2. The van der Waals surface area contributed by atoms with Crippen LogP contribution in [0.4, 0.5) is 0 Å². The molecular formula is C19H23N3O2S2. The van der Waals surface area contributed by atoms with Gasteiger partial charge in [-0.15, -0.1) is 0 Å². The van der Waals surface area contributed by atoms with E-state index in [2.05, 4.69) is 9.88 Å². The SMILES string of the molecule is O=C(CSC(=S)N1CCCC1)N1CCC(c2nc3ccccc3o2)CC1. The number of carbonyl (C=O) groups excluding carboxylic acids is 1. The van der Waals surface area contributed by atoms with Gasteiger partial charge in [-0.2, -0.15) is 0 Å². The highest BCUT2D eigenvalue weighted by Gasteiger charge is 2.27. The molecule has 1 amide bonds. The van der Waals surface area contributed by atoms with Crippen molar-refractivity contribution in [1.29, 1.82) is 0 Å². The first-order valence-electron chi connectivity index (χ1n) is 9.25. The minimum Gasteiger partial charge on any atom is -0.440 e. The lowest BCUT2D eigenvalue weighted by Gasteiger charge is -2.30. The second-order valence-electron chi connectivity index (χ2n) is 6.92. The number of piperidine rings is 1. The number of amides is 1. The molecule has 2 aliphatic rings. The van der Waals surface area contributed by atoms with Crippen molar-refractivity contribution in [3.8, 4) is 0 Å². The Balaban J connectivity index is 1.27. The van der Waals surface area contributed by atoms with E-state index >= 15 is 0 Å². The van der Waals surface area contributed by atoms with Crippen LogP contribution in [-0.2, 0) is 4.79 Å². The van der Waals surface area contributed by atoms with Crippen LogP contribution in [0.25, 0.3) is 11.1 Å². The van der Waals surface area contributed by atoms with E-state index in [4.69, 9.17) is 16.6 Å². The van der Waals surface area contributed by atoms with Crippen LogP contribution < -0.4 is 0 Å². The van der Waals surface area contributed by atoms with Gasteiger partial charge in [-0.05, 0) is 37.8 Å². The number of nitrogens with zero attached hydrogens (tertiary/aromatic N) is 3. The maximum atomic E-state index is 12.5. The number of aromatic nitrogens is 1. The summed E-state index contributed by atoms with van der Waals surface area (Å²) in [6, 6.07) is 7.86. The van der Waals surface area contributed by atoms with Crippen LogP contribution in [0, 0.1) is 0 Å². The smallest absolute Gasteiger partial charge is 0.233 e. The Hall–Kier alpha value is -1.60. The van der Waals surface area contributed by atoms with E-state index in [1.54, 1.807) is 0 Å². The molecule has 0 atom stereocenters. The van der Waals surface area contributed by atoms with Gasteiger partial charge in [-0.1, -0.05) is 36.1 Å². The van der Waals surface area contributed by atoms with E-state index in [1.807, 2.05) is 29.2 Å². The molecule has 0 spiro atoms.